The first-order valence-electron chi connectivity index (χ1n) is 7.48. The van der Waals surface area contributed by atoms with Crippen molar-refractivity contribution < 1.29 is 0 Å². The van der Waals surface area contributed by atoms with E-state index in [1.54, 1.807) is 0 Å². The van der Waals surface area contributed by atoms with E-state index < -0.39 is 0 Å². The van der Waals surface area contributed by atoms with E-state index in [-0.39, 0.29) is 0 Å². The van der Waals surface area contributed by atoms with Gasteiger partial charge in [0.2, 0.25) is 0 Å². The molecule has 2 heterocycles. The number of hydrogen-bond donors (Lipinski definition) is 1. The van der Waals surface area contributed by atoms with Gasteiger partial charge in [0.05, 0.1) is 5.69 Å². The summed E-state index contributed by atoms with van der Waals surface area (Å²) in [7, 11) is 2.16. The maximum absolute atomic E-state index is 4.57. The lowest BCUT2D eigenvalue weighted by Crippen LogP contribution is -2.18. The molecule has 3 nitrogen and oxygen atoms in total. The highest BCUT2D eigenvalue weighted by molar-refractivity contribution is 7.12. The molecule has 21 heavy (non-hydrogen) atoms. The van der Waals surface area contributed by atoms with Crippen LogP contribution >= 0.6 is 11.3 Å². The van der Waals surface area contributed by atoms with Crippen molar-refractivity contribution in [1.82, 2.24) is 15.2 Å². The molecule has 0 amide bonds. The maximum Gasteiger partial charge on any atom is 0.0547 e. The molecule has 4 heteroatoms. The molecule has 114 valence electrons. The summed E-state index contributed by atoms with van der Waals surface area (Å²) in [5, 5.41) is 3.39. The molecule has 0 unspecified atom stereocenters. The Balaban J connectivity index is 1.96. The van der Waals surface area contributed by atoms with Gasteiger partial charge in [-0.2, -0.15) is 0 Å². The van der Waals surface area contributed by atoms with Crippen molar-refractivity contribution in [3.05, 3.63) is 51.0 Å². The van der Waals surface area contributed by atoms with E-state index in [0.29, 0.717) is 0 Å². The summed E-state index contributed by atoms with van der Waals surface area (Å²) in [6, 6.07) is 8.55. The molecular formula is C17H25N3S. The second kappa shape index (κ2) is 7.69. The van der Waals surface area contributed by atoms with Crippen molar-refractivity contribution in [2.75, 3.05) is 13.6 Å². The minimum Gasteiger partial charge on any atom is -0.312 e. The standard InChI is InChI=1S/C17H25N3S/c1-5-18-10-17-9-15(14(3)21-17)11-20(4)12-16-8-6-7-13(2)19-16/h6-9,18H,5,10-12H2,1-4H3. The first kappa shape index (κ1) is 16.1. The lowest BCUT2D eigenvalue weighted by Gasteiger charge is -2.16. The van der Waals surface area contributed by atoms with E-state index in [2.05, 4.69) is 54.3 Å². The number of nitrogens with one attached hydrogen (secondary N) is 1. The highest BCUT2D eigenvalue weighted by Gasteiger charge is 2.09. The predicted octanol–water partition coefficient (Wildman–Crippen LogP) is 3.50. The monoisotopic (exact) mass is 303 g/mol. The number of thiophene rings is 1. The van der Waals surface area contributed by atoms with Crippen LogP contribution in [0.3, 0.4) is 0 Å². The Morgan fingerprint density at radius 3 is 2.76 bits per heavy atom. The van der Waals surface area contributed by atoms with Crippen molar-refractivity contribution in [2.24, 2.45) is 0 Å². The van der Waals surface area contributed by atoms with Crippen LogP contribution in [0.5, 0.6) is 0 Å². The maximum atomic E-state index is 4.57. The van der Waals surface area contributed by atoms with Gasteiger partial charge in [0, 0.05) is 35.1 Å². The Kier molecular flexibility index (Phi) is 5.91. The first-order chi connectivity index (χ1) is 10.1. The smallest absolute Gasteiger partial charge is 0.0547 e. The van der Waals surface area contributed by atoms with Crippen molar-refractivity contribution >= 4 is 11.3 Å². The molecule has 0 aromatic carbocycles. The summed E-state index contributed by atoms with van der Waals surface area (Å²) in [6.07, 6.45) is 0. The minimum atomic E-state index is 0.888. The molecule has 2 aromatic rings. The van der Waals surface area contributed by atoms with E-state index in [1.165, 1.54) is 15.3 Å². The topological polar surface area (TPSA) is 28.2 Å². The molecule has 0 atom stereocenters. The normalized spacial score (nSPS) is 11.3. The highest BCUT2D eigenvalue weighted by Crippen LogP contribution is 2.23. The average Bonchev–Trinajstić information content (AvgIpc) is 2.77. The summed E-state index contributed by atoms with van der Waals surface area (Å²) >= 11 is 1.90. The largest absolute Gasteiger partial charge is 0.312 e. The van der Waals surface area contributed by atoms with Crippen LogP contribution in [0.15, 0.2) is 24.3 Å². The third-order valence-electron chi connectivity index (χ3n) is 3.44. The summed E-state index contributed by atoms with van der Waals surface area (Å²) in [5.41, 5.74) is 3.65. The van der Waals surface area contributed by atoms with Crippen LogP contribution in [0.25, 0.3) is 0 Å². The fourth-order valence-electron chi connectivity index (χ4n) is 2.39. The van der Waals surface area contributed by atoms with Crippen LogP contribution in [-0.2, 0) is 19.6 Å². The summed E-state index contributed by atoms with van der Waals surface area (Å²) in [6.45, 7) is 10.3. The van der Waals surface area contributed by atoms with E-state index in [4.69, 9.17) is 0 Å². The molecule has 0 bridgehead atoms. The number of rotatable bonds is 7. The summed E-state index contributed by atoms with van der Waals surface area (Å²) < 4.78 is 0. The van der Waals surface area contributed by atoms with Crippen LogP contribution in [-0.4, -0.2) is 23.5 Å². The van der Waals surface area contributed by atoms with Crippen LogP contribution in [0.1, 0.15) is 33.6 Å². The molecular weight excluding hydrogens is 278 g/mol. The van der Waals surface area contributed by atoms with E-state index in [0.717, 1.165) is 37.6 Å². The zero-order valence-electron chi connectivity index (χ0n) is 13.4. The lowest BCUT2D eigenvalue weighted by molar-refractivity contribution is 0.314. The van der Waals surface area contributed by atoms with Gasteiger partial charge in [0.1, 0.15) is 0 Å². The predicted molar refractivity (Wildman–Crippen MR) is 90.6 cm³/mol. The molecule has 2 rings (SSSR count). The van der Waals surface area contributed by atoms with Gasteiger partial charge >= 0.3 is 0 Å². The minimum absolute atomic E-state index is 0.888. The van der Waals surface area contributed by atoms with Gasteiger partial charge < -0.3 is 5.32 Å². The molecule has 0 aliphatic carbocycles. The molecule has 0 fully saturated rings. The van der Waals surface area contributed by atoms with Crippen LogP contribution in [0.4, 0.5) is 0 Å². The molecule has 0 aliphatic heterocycles. The molecule has 0 radical (unpaired) electrons. The first-order valence-corrected chi connectivity index (χ1v) is 8.30. The highest BCUT2D eigenvalue weighted by atomic mass is 32.1. The Labute approximate surface area is 132 Å². The van der Waals surface area contributed by atoms with Crippen molar-refractivity contribution in [1.29, 1.82) is 0 Å². The Hall–Kier alpha value is -1.23. The summed E-state index contributed by atoms with van der Waals surface area (Å²) in [4.78, 5) is 9.75. The number of aromatic nitrogens is 1. The Morgan fingerprint density at radius 1 is 1.24 bits per heavy atom. The van der Waals surface area contributed by atoms with E-state index >= 15 is 0 Å². The third-order valence-corrected chi connectivity index (χ3v) is 4.53. The van der Waals surface area contributed by atoms with Crippen LogP contribution in [0.2, 0.25) is 0 Å². The van der Waals surface area contributed by atoms with Gasteiger partial charge in [0.25, 0.3) is 0 Å². The molecule has 0 saturated carbocycles. The van der Waals surface area contributed by atoms with Crippen LogP contribution < -0.4 is 5.32 Å². The number of nitrogens with zero attached hydrogens (tertiary/aromatic N) is 2. The Morgan fingerprint density at radius 2 is 2.05 bits per heavy atom. The molecule has 1 N–H and O–H groups in total. The van der Waals surface area contributed by atoms with Gasteiger partial charge in [-0.05, 0) is 51.2 Å². The van der Waals surface area contributed by atoms with Gasteiger partial charge in [-0.1, -0.05) is 13.0 Å². The number of pyridine rings is 1. The SMILES string of the molecule is CCNCc1cc(CN(C)Cc2cccc(C)n2)c(C)s1. The van der Waals surface area contributed by atoms with Crippen molar-refractivity contribution in [3.8, 4) is 0 Å². The van der Waals surface area contributed by atoms with Crippen molar-refractivity contribution in [3.63, 3.8) is 0 Å². The molecule has 0 aliphatic rings. The second-order valence-electron chi connectivity index (χ2n) is 5.52. The molecule has 0 saturated heterocycles. The Bertz CT molecular complexity index is 577. The molecule has 0 spiro atoms. The van der Waals surface area contributed by atoms with E-state index in [9.17, 15) is 0 Å². The van der Waals surface area contributed by atoms with Gasteiger partial charge in [-0.25, -0.2) is 0 Å². The lowest BCUT2D eigenvalue weighted by atomic mass is 10.2. The van der Waals surface area contributed by atoms with Gasteiger partial charge in [-0.3, -0.25) is 9.88 Å². The second-order valence-corrected chi connectivity index (χ2v) is 6.86. The van der Waals surface area contributed by atoms with E-state index in [1.807, 2.05) is 24.3 Å². The molecule has 2 aromatic heterocycles. The third kappa shape index (κ3) is 4.92. The number of hydrogen-bond acceptors (Lipinski definition) is 4. The van der Waals surface area contributed by atoms with Gasteiger partial charge in [0.15, 0.2) is 0 Å². The fraction of sp³-hybridized carbons (Fsp3) is 0.471. The quantitative estimate of drug-likeness (QED) is 0.848. The average molecular weight is 303 g/mol. The zero-order valence-corrected chi connectivity index (χ0v) is 14.3. The summed E-state index contributed by atoms with van der Waals surface area (Å²) in [5.74, 6) is 0. The van der Waals surface area contributed by atoms with Crippen LogP contribution in [0, 0.1) is 13.8 Å². The number of aryl methyl sites for hydroxylation is 2. The fourth-order valence-corrected chi connectivity index (χ4v) is 3.41. The van der Waals surface area contributed by atoms with Crippen molar-refractivity contribution in [2.45, 2.75) is 40.4 Å². The zero-order chi connectivity index (χ0) is 15.2. The van der Waals surface area contributed by atoms with Gasteiger partial charge in [-0.15, -0.1) is 11.3 Å².